The normalized spacial score (nSPS) is 22.5. The smallest absolute Gasteiger partial charge is 0.216 e. The largest absolute Gasteiger partial charge is 0.493 e. The summed E-state index contributed by atoms with van der Waals surface area (Å²) < 4.78 is 11.3. The molecule has 1 aromatic rings. The lowest BCUT2D eigenvalue weighted by Crippen LogP contribution is -2.59. The van der Waals surface area contributed by atoms with Crippen molar-refractivity contribution in [1.82, 2.24) is 15.1 Å². The zero-order valence-electron chi connectivity index (χ0n) is 18.0. The third-order valence-electron chi connectivity index (χ3n) is 5.20. The molecule has 8 heteroatoms. The van der Waals surface area contributed by atoms with Crippen LogP contribution in [0.3, 0.4) is 0 Å². The molecule has 0 saturated carbocycles. The zero-order valence-corrected chi connectivity index (χ0v) is 18.0. The SMILES string of the molecule is COc1cc(CN2CC[C@@](O)(CNC(C)=O)[C@H](O)C2)ccc1OCCCN(C)C. The Balaban J connectivity index is 1.91. The molecule has 1 saturated heterocycles. The molecule has 1 aliphatic heterocycles. The number of likely N-dealkylation sites (tertiary alicyclic amines) is 1. The van der Waals surface area contributed by atoms with Crippen molar-refractivity contribution in [3.05, 3.63) is 23.8 Å². The van der Waals surface area contributed by atoms with Crippen molar-refractivity contribution in [2.24, 2.45) is 0 Å². The number of rotatable bonds is 10. The van der Waals surface area contributed by atoms with E-state index in [9.17, 15) is 15.0 Å². The minimum Gasteiger partial charge on any atom is -0.493 e. The van der Waals surface area contributed by atoms with Gasteiger partial charge in [0, 0.05) is 39.6 Å². The van der Waals surface area contributed by atoms with Crippen LogP contribution in [0.2, 0.25) is 0 Å². The van der Waals surface area contributed by atoms with Gasteiger partial charge in [-0.05, 0) is 44.6 Å². The minimum absolute atomic E-state index is 0.0605. The third-order valence-corrected chi connectivity index (χ3v) is 5.20. The number of amides is 1. The number of nitrogens with one attached hydrogen (secondary N) is 1. The highest BCUT2D eigenvalue weighted by Crippen LogP contribution is 2.30. The van der Waals surface area contributed by atoms with E-state index in [0.29, 0.717) is 38.4 Å². The number of aliphatic hydroxyl groups is 2. The summed E-state index contributed by atoms with van der Waals surface area (Å²) >= 11 is 0. The van der Waals surface area contributed by atoms with Crippen molar-refractivity contribution in [2.45, 2.75) is 38.0 Å². The van der Waals surface area contributed by atoms with Crippen LogP contribution in [-0.4, -0.2) is 91.6 Å². The van der Waals surface area contributed by atoms with Gasteiger partial charge in [0.1, 0.15) is 5.60 Å². The molecule has 3 N–H and O–H groups in total. The van der Waals surface area contributed by atoms with E-state index >= 15 is 0 Å². The summed E-state index contributed by atoms with van der Waals surface area (Å²) in [6, 6.07) is 5.86. The fraction of sp³-hybridized carbons (Fsp3) is 0.667. The number of nitrogens with zero attached hydrogens (tertiary/aromatic N) is 2. The fourth-order valence-corrected chi connectivity index (χ4v) is 3.40. The Bertz CT molecular complexity index is 670. The molecular formula is C21H35N3O5. The number of piperidine rings is 1. The average Bonchev–Trinajstić information content (AvgIpc) is 2.67. The van der Waals surface area contributed by atoms with Crippen LogP contribution in [0, 0.1) is 0 Å². The predicted octanol–water partition coefficient (Wildman–Crippen LogP) is 0.460. The highest BCUT2D eigenvalue weighted by atomic mass is 16.5. The molecule has 0 aliphatic carbocycles. The second-order valence-electron chi connectivity index (χ2n) is 8.00. The van der Waals surface area contributed by atoms with Gasteiger partial charge in [-0.3, -0.25) is 9.69 Å². The first-order valence-electron chi connectivity index (χ1n) is 10.0. The maximum atomic E-state index is 11.1. The fourth-order valence-electron chi connectivity index (χ4n) is 3.40. The molecule has 1 aliphatic rings. The number of carbonyl (C=O) groups excluding carboxylic acids is 1. The van der Waals surface area contributed by atoms with E-state index in [1.807, 2.05) is 32.3 Å². The second-order valence-corrected chi connectivity index (χ2v) is 8.00. The molecule has 1 aromatic carbocycles. The molecule has 1 amide bonds. The molecule has 164 valence electrons. The van der Waals surface area contributed by atoms with Gasteiger partial charge in [-0.2, -0.15) is 0 Å². The number of hydrogen-bond donors (Lipinski definition) is 3. The summed E-state index contributed by atoms with van der Waals surface area (Å²) in [6.45, 7) is 4.63. The maximum absolute atomic E-state index is 11.1. The number of β-amino-alcohol motifs (C(OH)–C–C–N with tert-alkyl or cyclic N) is 1. The lowest BCUT2D eigenvalue weighted by Gasteiger charge is -2.42. The molecule has 2 atom stereocenters. The molecule has 0 aromatic heterocycles. The Hall–Kier alpha value is -1.87. The van der Waals surface area contributed by atoms with E-state index in [4.69, 9.17) is 9.47 Å². The van der Waals surface area contributed by atoms with Crippen LogP contribution in [-0.2, 0) is 11.3 Å². The Labute approximate surface area is 173 Å². The van der Waals surface area contributed by atoms with Crippen molar-refractivity contribution in [3.8, 4) is 11.5 Å². The van der Waals surface area contributed by atoms with Crippen LogP contribution in [0.15, 0.2) is 18.2 Å². The summed E-state index contributed by atoms with van der Waals surface area (Å²) in [5, 5.41) is 23.6. The summed E-state index contributed by atoms with van der Waals surface area (Å²) in [6.07, 6.45) is 0.396. The van der Waals surface area contributed by atoms with E-state index in [1.165, 1.54) is 6.92 Å². The summed E-state index contributed by atoms with van der Waals surface area (Å²) in [4.78, 5) is 15.3. The highest BCUT2D eigenvalue weighted by Gasteiger charge is 2.40. The van der Waals surface area contributed by atoms with Gasteiger partial charge in [0.2, 0.25) is 5.91 Å². The predicted molar refractivity (Wildman–Crippen MR) is 111 cm³/mol. The monoisotopic (exact) mass is 409 g/mol. The van der Waals surface area contributed by atoms with Gasteiger partial charge in [-0.15, -0.1) is 0 Å². The number of carbonyl (C=O) groups is 1. The van der Waals surface area contributed by atoms with Gasteiger partial charge in [0.05, 0.1) is 19.8 Å². The van der Waals surface area contributed by atoms with Crippen LogP contribution in [0.1, 0.15) is 25.3 Å². The summed E-state index contributed by atoms with van der Waals surface area (Å²) in [5.74, 6) is 1.19. The van der Waals surface area contributed by atoms with Gasteiger partial charge < -0.3 is 29.9 Å². The van der Waals surface area contributed by atoms with Crippen molar-refractivity contribution in [1.29, 1.82) is 0 Å². The standard InChI is InChI=1S/C21H35N3O5/c1-16(25)22-15-21(27)8-10-24(14-20(21)26)13-17-6-7-18(19(12-17)28-4)29-11-5-9-23(2)3/h6-7,12,20,26-27H,5,8-11,13-15H2,1-4H3,(H,22,25)/t20-,21-/m1/s1. The van der Waals surface area contributed by atoms with E-state index in [1.54, 1.807) is 7.11 Å². The van der Waals surface area contributed by atoms with Crippen LogP contribution >= 0.6 is 0 Å². The number of methoxy groups -OCH3 is 1. The van der Waals surface area contributed by atoms with Crippen molar-refractivity contribution in [2.75, 3.05) is 54.0 Å². The minimum atomic E-state index is -1.29. The number of benzene rings is 1. The highest BCUT2D eigenvalue weighted by molar-refractivity contribution is 5.72. The van der Waals surface area contributed by atoms with Crippen LogP contribution in [0.5, 0.6) is 11.5 Å². The first-order valence-corrected chi connectivity index (χ1v) is 10.0. The molecule has 0 radical (unpaired) electrons. The Morgan fingerprint density at radius 2 is 2.14 bits per heavy atom. The average molecular weight is 410 g/mol. The summed E-state index contributed by atoms with van der Waals surface area (Å²) in [7, 11) is 5.69. The van der Waals surface area contributed by atoms with Crippen molar-refractivity contribution in [3.63, 3.8) is 0 Å². The van der Waals surface area contributed by atoms with Gasteiger partial charge in [-0.25, -0.2) is 0 Å². The lowest BCUT2D eigenvalue weighted by atomic mass is 9.88. The quantitative estimate of drug-likeness (QED) is 0.483. The zero-order chi connectivity index (χ0) is 21.4. The van der Waals surface area contributed by atoms with E-state index in [2.05, 4.69) is 15.1 Å². The molecule has 2 rings (SSSR count). The molecule has 29 heavy (non-hydrogen) atoms. The third kappa shape index (κ3) is 7.15. The number of hydrogen-bond acceptors (Lipinski definition) is 7. The molecule has 1 fully saturated rings. The number of ether oxygens (including phenoxy) is 2. The lowest BCUT2D eigenvalue weighted by molar-refractivity contribution is -0.130. The molecule has 8 nitrogen and oxygen atoms in total. The van der Waals surface area contributed by atoms with Gasteiger partial charge >= 0.3 is 0 Å². The summed E-state index contributed by atoms with van der Waals surface area (Å²) in [5.41, 5.74) is -0.244. The second kappa shape index (κ2) is 10.8. The van der Waals surface area contributed by atoms with Crippen LogP contribution in [0.25, 0.3) is 0 Å². The van der Waals surface area contributed by atoms with Crippen LogP contribution in [0.4, 0.5) is 0 Å². The van der Waals surface area contributed by atoms with Gasteiger partial charge in [0.15, 0.2) is 11.5 Å². The van der Waals surface area contributed by atoms with Gasteiger partial charge in [0.25, 0.3) is 0 Å². The van der Waals surface area contributed by atoms with Crippen LogP contribution < -0.4 is 14.8 Å². The van der Waals surface area contributed by atoms with E-state index in [0.717, 1.165) is 24.3 Å². The molecule has 0 unspecified atom stereocenters. The molecule has 0 bridgehead atoms. The number of aliphatic hydroxyl groups excluding tert-OH is 1. The Kier molecular flexibility index (Phi) is 8.70. The Morgan fingerprint density at radius 3 is 2.76 bits per heavy atom. The first kappa shape index (κ1) is 23.4. The van der Waals surface area contributed by atoms with E-state index in [-0.39, 0.29) is 12.5 Å². The Morgan fingerprint density at radius 1 is 1.38 bits per heavy atom. The first-order chi connectivity index (χ1) is 13.7. The van der Waals surface area contributed by atoms with Gasteiger partial charge in [-0.1, -0.05) is 6.07 Å². The van der Waals surface area contributed by atoms with Crippen molar-refractivity contribution >= 4 is 5.91 Å². The van der Waals surface area contributed by atoms with E-state index < -0.39 is 11.7 Å². The topological polar surface area (TPSA) is 94.5 Å². The van der Waals surface area contributed by atoms with Crippen molar-refractivity contribution < 1.29 is 24.5 Å². The molecule has 0 spiro atoms. The molecule has 1 heterocycles. The molecular weight excluding hydrogens is 374 g/mol. The maximum Gasteiger partial charge on any atom is 0.216 e.